The van der Waals surface area contributed by atoms with Gasteiger partial charge in [0.1, 0.15) is 5.82 Å². The molecule has 7 nitrogen and oxygen atoms in total. The monoisotopic (exact) mass is 405 g/mol. The standard InChI is InChI=1S/C20H20BN5O2S/c22-11-15-7-8-23-19(10-15)25-20-24-17(13-29-20)18-2-1-9-26(18)12-14-3-5-16(6-4-14)21(27)28/h3-8,10,13,18,27-28H,1-2,9,12H2,(H,23,24,25)/t18-/m1/s1. The minimum absolute atomic E-state index is 0.253. The van der Waals surface area contributed by atoms with Gasteiger partial charge in [0.05, 0.1) is 23.4 Å². The zero-order chi connectivity index (χ0) is 20.2. The molecule has 0 spiro atoms. The third-order valence-electron chi connectivity index (χ3n) is 5.01. The first-order valence-electron chi connectivity index (χ1n) is 9.40. The van der Waals surface area contributed by atoms with Crippen LogP contribution in [0.1, 0.15) is 35.7 Å². The van der Waals surface area contributed by atoms with Crippen LogP contribution in [0.15, 0.2) is 48.0 Å². The summed E-state index contributed by atoms with van der Waals surface area (Å²) in [6.45, 7) is 1.79. The number of benzene rings is 1. The van der Waals surface area contributed by atoms with Crippen molar-refractivity contribution >= 4 is 34.9 Å². The van der Waals surface area contributed by atoms with E-state index in [-0.39, 0.29) is 6.04 Å². The van der Waals surface area contributed by atoms with E-state index in [1.807, 2.05) is 12.1 Å². The van der Waals surface area contributed by atoms with Crippen LogP contribution < -0.4 is 10.8 Å². The maximum Gasteiger partial charge on any atom is 0.488 e. The fraction of sp³-hybridized carbons (Fsp3) is 0.250. The van der Waals surface area contributed by atoms with Gasteiger partial charge in [0.25, 0.3) is 0 Å². The van der Waals surface area contributed by atoms with E-state index >= 15 is 0 Å². The van der Waals surface area contributed by atoms with Crippen molar-refractivity contribution in [1.82, 2.24) is 14.9 Å². The highest BCUT2D eigenvalue weighted by molar-refractivity contribution is 7.13. The average Bonchev–Trinajstić information content (AvgIpc) is 3.38. The normalized spacial score (nSPS) is 16.5. The van der Waals surface area contributed by atoms with Crippen molar-refractivity contribution in [2.75, 3.05) is 11.9 Å². The number of thiazole rings is 1. The van der Waals surface area contributed by atoms with Crippen molar-refractivity contribution in [3.8, 4) is 6.07 Å². The second kappa shape index (κ2) is 8.72. The number of rotatable bonds is 6. The Kier molecular flexibility index (Phi) is 5.88. The van der Waals surface area contributed by atoms with E-state index in [0.717, 1.165) is 42.3 Å². The predicted molar refractivity (Wildman–Crippen MR) is 113 cm³/mol. The lowest BCUT2D eigenvalue weighted by molar-refractivity contribution is 0.245. The summed E-state index contributed by atoms with van der Waals surface area (Å²) >= 11 is 1.53. The fourth-order valence-electron chi connectivity index (χ4n) is 3.55. The lowest BCUT2D eigenvalue weighted by atomic mass is 9.80. The van der Waals surface area contributed by atoms with Crippen LogP contribution in [0, 0.1) is 11.3 Å². The number of nitrogens with one attached hydrogen (secondary N) is 1. The lowest BCUT2D eigenvalue weighted by Crippen LogP contribution is -2.30. The Morgan fingerprint density at radius 3 is 2.86 bits per heavy atom. The van der Waals surface area contributed by atoms with Crippen molar-refractivity contribution in [3.63, 3.8) is 0 Å². The number of aromatic nitrogens is 2. The van der Waals surface area contributed by atoms with Crippen molar-refractivity contribution in [2.24, 2.45) is 0 Å². The van der Waals surface area contributed by atoms with Gasteiger partial charge >= 0.3 is 7.12 Å². The molecule has 1 aliphatic rings. The van der Waals surface area contributed by atoms with E-state index in [4.69, 9.17) is 10.2 Å². The minimum Gasteiger partial charge on any atom is -0.423 e. The molecule has 1 saturated heterocycles. The fourth-order valence-corrected chi connectivity index (χ4v) is 4.32. The van der Waals surface area contributed by atoms with Crippen LogP contribution in [0.5, 0.6) is 0 Å². The minimum atomic E-state index is -1.44. The van der Waals surface area contributed by atoms with Crippen LogP contribution in [-0.4, -0.2) is 38.6 Å². The van der Waals surface area contributed by atoms with Gasteiger partial charge in [-0.25, -0.2) is 9.97 Å². The molecule has 1 fully saturated rings. The van der Waals surface area contributed by atoms with Gasteiger partial charge in [-0.1, -0.05) is 24.3 Å². The summed E-state index contributed by atoms with van der Waals surface area (Å²) in [5.74, 6) is 0.611. The zero-order valence-corrected chi connectivity index (χ0v) is 16.5. The largest absolute Gasteiger partial charge is 0.488 e. The first kappa shape index (κ1) is 19.5. The number of anilines is 2. The van der Waals surface area contributed by atoms with Gasteiger partial charge in [0.15, 0.2) is 5.13 Å². The molecule has 3 heterocycles. The molecule has 4 rings (SSSR count). The number of hydrogen-bond acceptors (Lipinski definition) is 8. The smallest absolute Gasteiger partial charge is 0.423 e. The average molecular weight is 405 g/mol. The molecule has 29 heavy (non-hydrogen) atoms. The van der Waals surface area contributed by atoms with Crippen LogP contribution >= 0.6 is 11.3 Å². The van der Waals surface area contributed by atoms with Crippen LogP contribution in [0.2, 0.25) is 0 Å². The third-order valence-corrected chi connectivity index (χ3v) is 5.79. The van der Waals surface area contributed by atoms with E-state index in [2.05, 4.69) is 26.6 Å². The number of likely N-dealkylation sites (tertiary alicyclic amines) is 1. The van der Waals surface area contributed by atoms with Crippen molar-refractivity contribution in [2.45, 2.75) is 25.4 Å². The molecular formula is C20H20BN5O2S. The SMILES string of the molecule is N#Cc1ccnc(Nc2nc([C@H]3CCCN3Cc3ccc(B(O)O)cc3)cs2)c1. The van der Waals surface area contributed by atoms with Gasteiger partial charge in [-0.3, -0.25) is 4.90 Å². The number of hydrogen-bond donors (Lipinski definition) is 3. The summed E-state index contributed by atoms with van der Waals surface area (Å²) in [7, 11) is -1.44. The molecule has 3 aromatic rings. The molecule has 0 radical (unpaired) electrons. The first-order valence-corrected chi connectivity index (χ1v) is 10.3. The van der Waals surface area contributed by atoms with Crippen molar-refractivity contribution in [1.29, 1.82) is 5.26 Å². The van der Waals surface area contributed by atoms with Gasteiger partial charge < -0.3 is 15.4 Å². The molecule has 0 aliphatic carbocycles. The molecular weight excluding hydrogens is 385 g/mol. The van der Waals surface area contributed by atoms with Crippen LogP contribution in [0.25, 0.3) is 0 Å². The van der Waals surface area contributed by atoms with Gasteiger partial charge in [0, 0.05) is 18.1 Å². The maximum atomic E-state index is 9.24. The molecule has 0 bridgehead atoms. The second-order valence-electron chi connectivity index (χ2n) is 6.99. The number of pyridine rings is 1. The summed E-state index contributed by atoms with van der Waals surface area (Å²) in [5, 5.41) is 33.5. The predicted octanol–water partition coefficient (Wildman–Crippen LogP) is 2.17. The van der Waals surface area contributed by atoms with Crippen molar-refractivity contribution < 1.29 is 10.0 Å². The zero-order valence-electron chi connectivity index (χ0n) is 15.7. The molecule has 0 amide bonds. The Labute approximate surface area is 173 Å². The summed E-state index contributed by atoms with van der Waals surface area (Å²) in [6.07, 6.45) is 3.78. The quantitative estimate of drug-likeness (QED) is 0.540. The molecule has 0 saturated carbocycles. The topological polar surface area (TPSA) is 105 Å². The molecule has 1 aliphatic heterocycles. The molecule has 1 atom stereocenters. The highest BCUT2D eigenvalue weighted by Gasteiger charge is 2.28. The maximum absolute atomic E-state index is 9.24. The van der Waals surface area contributed by atoms with E-state index in [0.29, 0.717) is 16.8 Å². The second-order valence-corrected chi connectivity index (χ2v) is 7.85. The van der Waals surface area contributed by atoms with E-state index in [1.165, 1.54) is 11.3 Å². The molecule has 146 valence electrons. The van der Waals surface area contributed by atoms with E-state index < -0.39 is 7.12 Å². The molecule has 3 N–H and O–H groups in total. The Morgan fingerprint density at radius 1 is 1.28 bits per heavy atom. The van der Waals surface area contributed by atoms with E-state index in [9.17, 15) is 10.0 Å². The first-order chi connectivity index (χ1) is 14.1. The van der Waals surface area contributed by atoms with Gasteiger partial charge in [0.2, 0.25) is 0 Å². The third kappa shape index (κ3) is 4.63. The molecule has 2 aromatic heterocycles. The number of nitrogens with zero attached hydrogens (tertiary/aromatic N) is 4. The van der Waals surface area contributed by atoms with Crippen molar-refractivity contribution in [3.05, 3.63) is 64.8 Å². The van der Waals surface area contributed by atoms with E-state index in [1.54, 1.807) is 30.5 Å². The summed E-state index contributed by atoms with van der Waals surface area (Å²) in [5.41, 5.74) is 3.22. The molecule has 9 heteroatoms. The highest BCUT2D eigenvalue weighted by Crippen LogP contribution is 2.35. The van der Waals surface area contributed by atoms with Gasteiger partial charge in [-0.15, -0.1) is 11.3 Å². The summed E-state index contributed by atoms with van der Waals surface area (Å²) < 4.78 is 0. The Morgan fingerprint density at radius 2 is 2.10 bits per heavy atom. The summed E-state index contributed by atoms with van der Waals surface area (Å²) in [6, 6.07) is 13.1. The van der Waals surface area contributed by atoms with Crippen LogP contribution in [0.4, 0.5) is 10.9 Å². The number of nitriles is 1. The van der Waals surface area contributed by atoms with Gasteiger partial charge in [-0.05, 0) is 42.5 Å². The highest BCUT2D eigenvalue weighted by atomic mass is 32.1. The van der Waals surface area contributed by atoms with Gasteiger partial charge in [-0.2, -0.15) is 5.26 Å². The molecule has 1 aromatic carbocycles. The van der Waals surface area contributed by atoms with Crippen LogP contribution in [0.3, 0.4) is 0 Å². The van der Waals surface area contributed by atoms with Crippen LogP contribution in [-0.2, 0) is 6.54 Å². The lowest BCUT2D eigenvalue weighted by Gasteiger charge is -2.23. The Hall–Kier alpha value is -2.77. The Balaban J connectivity index is 1.44. The Bertz CT molecular complexity index is 1020. The molecule has 0 unspecified atom stereocenters. The summed E-state index contributed by atoms with van der Waals surface area (Å²) in [4.78, 5) is 11.4.